The third-order valence-corrected chi connectivity index (χ3v) is 4.76. The first-order valence-electron chi connectivity index (χ1n) is 7.81. The van der Waals surface area contributed by atoms with E-state index < -0.39 is 5.54 Å². The molecule has 1 atom stereocenters. The van der Waals surface area contributed by atoms with Gasteiger partial charge in [-0.3, -0.25) is 9.69 Å². The molecule has 0 fully saturated rings. The number of ether oxygens (including phenoxy) is 1. The molecule has 1 aromatic rings. The summed E-state index contributed by atoms with van der Waals surface area (Å²) in [5, 5.41) is 0. The van der Waals surface area contributed by atoms with E-state index in [-0.39, 0.29) is 5.78 Å². The topological polar surface area (TPSA) is 29.5 Å². The molecule has 0 heterocycles. The summed E-state index contributed by atoms with van der Waals surface area (Å²) in [6.45, 7) is 14.1. The normalized spacial score (nSPS) is 14.1. The Hall–Kier alpha value is -1.35. The first-order chi connectivity index (χ1) is 9.87. The van der Waals surface area contributed by atoms with Crippen molar-refractivity contribution in [3.8, 4) is 5.75 Å². The maximum absolute atomic E-state index is 13.2. The second-order valence-corrected chi connectivity index (χ2v) is 5.72. The Kier molecular flexibility index (Phi) is 5.97. The Labute approximate surface area is 129 Å². The molecule has 0 radical (unpaired) electrons. The second kappa shape index (κ2) is 7.08. The third kappa shape index (κ3) is 3.13. The molecule has 0 N–H and O–H groups in total. The van der Waals surface area contributed by atoms with Crippen LogP contribution in [0.3, 0.4) is 0 Å². The molecule has 0 amide bonds. The maximum Gasteiger partial charge on any atom is 0.186 e. The standard InChI is InChI=1S/C18H29NO2/c1-8-18(6,19(9-2)10-3)17(20)15-12-11-13(4)14(5)16(15)21-7/h11-12H,8-10H2,1-7H3. The van der Waals surface area contributed by atoms with Crippen LogP contribution in [0.4, 0.5) is 0 Å². The largest absolute Gasteiger partial charge is 0.496 e. The molecular weight excluding hydrogens is 262 g/mol. The van der Waals surface area contributed by atoms with Crippen LogP contribution in [-0.4, -0.2) is 36.4 Å². The number of likely N-dealkylation sites (N-methyl/N-ethyl adjacent to an activating group) is 1. The van der Waals surface area contributed by atoms with Gasteiger partial charge in [-0.15, -0.1) is 0 Å². The summed E-state index contributed by atoms with van der Waals surface area (Å²) in [4.78, 5) is 15.4. The van der Waals surface area contributed by atoms with Gasteiger partial charge in [0.1, 0.15) is 5.75 Å². The van der Waals surface area contributed by atoms with Crippen molar-refractivity contribution >= 4 is 5.78 Å². The molecule has 0 aliphatic heterocycles. The average molecular weight is 291 g/mol. The van der Waals surface area contributed by atoms with Crippen molar-refractivity contribution < 1.29 is 9.53 Å². The Morgan fingerprint density at radius 3 is 2.19 bits per heavy atom. The van der Waals surface area contributed by atoms with Crippen molar-refractivity contribution in [1.82, 2.24) is 4.90 Å². The molecule has 0 spiro atoms. The lowest BCUT2D eigenvalue weighted by Crippen LogP contribution is -2.52. The molecule has 0 aromatic heterocycles. The zero-order valence-electron chi connectivity index (χ0n) is 14.5. The molecule has 118 valence electrons. The molecule has 3 heteroatoms. The van der Waals surface area contributed by atoms with E-state index in [0.717, 1.165) is 30.6 Å². The molecule has 1 unspecified atom stereocenters. The van der Waals surface area contributed by atoms with Gasteiger partial charge in [-0.1, -0.05) is 26.8 Å². The van der Waals surface area contributed by atoms with Crippen molar-refractivity contribution in [3.63, 3.8) is 0 Å². The molecule has 1 rings (SSSR count). The monoisotopic (exact) mass is 291 g/mol. The molecule has 0 aliphatic carbocycles. The number of benzene rings is 1. The SMILES string of the molecule is CCN(CC)C(C)(CC)C(=O)c1ccc(C)c(C)c1OC. The molecule has 1 aromatic carbocycles. The number of hydrogen-bond acceptors (Lipinski definition) is 3. The summed E-state index contributed by atoms with van der Waals surface area (Å²) in [6, 6.07) is 3.91. The van der Waals surface area contributed by atoms with Gasteiger partial charge in [0.15, 0.2) is 5.78 Å². The van der Waals surface area contributed by atoms with Gasteiger partial charge in [0.05, 0.1) is 18.2 Å². The van der Waals surface area contributed by atoms with E-state index in [9.17, 15) is 4.79 Å². The summed E-state index contributed by atoms with van der Waals surface area (Å²) in [6.07, 6.45) is 0.781. The highest BCUT2D eigenvalue weighted by atomic mass is 16.5. The first kappa shape index (κ1) is 17.7. The van der Waals surface area contributed by atoms with Crippen LogP contribution in [0.15, 0.2) is 12.1 Å². The number of methoxy groups -OCH3 is 1. The zero-order valence-corrected chi connectivity index (χ0v) is 14.5. The Morgan fingerprint density at radius 2 is 1.76 bits per heavy atom. The van der Waals surface area contributed by atoms with Crippen LogP contribution in [0.5, 0.6) is 5.75 Å². The van der Waals surface area contributed by atoms with Crippen LogP contribution in [0.25, 0.3) is 0 Å². The lowest BCUT2D eigenvalue weighted by molar-refractivity contribution is 0.0604. The number of aryl methyl sites for hydroxylation is 1. The smallest absolute Gasteiger partial charge is 0.186 e. The molecular formula is C18H29NO2. The molecule has 0 saturated heterocycles. The molecule has 0 aliphatic rings. The fraction of sp³-hybridized carbons (Fsp3) is 0.611. The van der Waals surface area contributed by atoms with Gasteiger partial charge in [-0.25, -0.2) is 0 Å². The van der Waals surface area contributed by atoms with Crippen molar-refractivity contribution in [2.75, 3.05) is 20.2 Å². The number of carbonyl (C=O) groups excluding carboxylic acids is 1. The number of carbonyl (C=O) groups is 1. The van der Waals surface area contributed by atoms with Crippen LogP contribution >= 0.6 is 0 Å². The molecule has 21 heavy (non-hydrogen) atoms. The number of hydrogen-bond donors (Lipinski definition) is 0. The van der Waals surface area contributed by atoms with Gasteiger partial charge in [0, 0.05) is 0 Å². The van der Waals surface area contributed by atoms with Gasteiger partial charge in [-0.2, -0.15) is 0 Å². The van der Waals surface area contributed by atoms with Crippen molar-refractivity contribution in [3.05, 3.63) is 28.8 Å². The van der Waals surface area contributed by atoms with Crippen LogP contribution < -0.4 is 4.74 Å². The minimum atomic E-state index is -0.488. The Morgan fingerprint density at radius 1 is 1.19 bits per heavy atom. The van der Waals surface area contributed by atoms with Crippen molar-refractivity contribution in [2.24, 2.45) is 0 Å². The average Bonchev–Trinajstić information content (AvgIpc) is 2.49. The molecule has 0 bridgehead atoms. The first-order valence-corrected chi connectivity index (χ1v) is 7.81. The van der Waals surface area contributed by atoms with Gasteiger partial charge >= 0.3 is 0 Å². The second-order valence-electron chi connectivity index (χ2n) is 5.72. The van der Waals surface area contributed by atoms with E-state index in [1.165, 1.54) is 0 Å². The van der Waals surface area contributed by atoms with Crippen LogP contribution in [0.2, 0.25) is 0 Å². The molecule has 0 saturated carbocycles. The predicted molar refractivity (Wildman–Crippen MR) is 88.4 cm³/mol. The number of nitrogens with zero attached hydrogens (tertiary/aromatic N) is 1. The van der Waals surface area contributed by atoms with E-state index in [1.807, 2.05) is 32.9 Å². The maximum atomic E-state index is 13.2. The van der Waals surface area contributed by atoms with Crippen LogP contribution in [0.1, 0.15) is 55.6 Å². The number of rotatable bonds is 7. The highest BCUT2D eigenvalue weighted by Crippen LogP contribution is 2.32. The third-order valence-electron chi connectivity index (χ3n) is 4.76. The van der Waals surface area contributed by atoms with E-state index in [0.29, 0.717) is 11.3 Å². The Balaban J connectivity index is 3.38. The lowest BCUT2D eigenvalue weighted by Gasteiger charge is -2.38. The van der Waals surface area contributed by atoms with E-state index in [4.69, 9.17) is 4.74 Å². The fourth-order valence-electron chi connectivity index (χ4n) is 2.97. The highest BCUT2D eigenvalue weighted by molar-refractivity contribution is 6.05. The summed E-state index contributed by atoms with van der Waals surface area (Å²) < 4.78 is 5.53. The highest BCUT2D eigenvalue weighted by Gasteiger charge is 2.38. The zero-order chi connectivity index (χ0) is 16.2. The lowest BCUT2D eigenvalue weighted by atomic mass is 9.85. The minimum absolute atomic E-state index is 0.147. The molecule has 3 nitrogen and oxygen atoms in total. The fourth-order valence-corrected chi connectivity index (χ4v) is 2.97. The minimum Gasteiger partial charge on any atom is -0.496 e. The number of ketones is 1. The van der Waals surface area contributed by atoms with Gasteiger partial charge in [-0.05, 0) is 57.5 Å². The van der Waals surface area contributed by atoms with Gasteiger partial charge in [0.25, 0.3) is 0 Å². The number of Topliss-reactive ketones (excluding diaryl/α,β-unsaturated/α-hetero) is 1. The van der Waals surface area contributed by atoms with Crippen LogP contribution in [-0.2, 0) is 0 Å². The van der Waals surface area contributed by atoms with E-state index in [2.05, 4.69) is 25.7 Å². The van der Waals surface area contributed by atoms with Gasteiger partial charge < -0.3 is 4.74 Å². The van der Waals surface area contributed by atoms with Crippen molar-refractivity contribution in [2.45, 2.75) is 53.5 Å². The van der Waals surface area contributed by atoms with E-state index in [1.54, 1.807) is 7.11 Å². The van der Waals surface area contributed by atoms with Crippen LogP contribution in [0, 0.1) is 13.8 Å². The van der Waals surface area contributed by atoms with E-state index >= 15 is 0 Å². The quantitative estimate of drug-likeness (QED) is 0.711. The predicted octanol–water partition coefficient (Wildman–Crippen LogP) is 4.01. The summed E-state index contributed by atoms with van der Waals surface area (Å²) >= 11 is 0. The Bertz CT molecular complexity index is 506. The summed E-state index contributed by atoms with van der Waals surface area (Å²) in [5.41, 5.74) is 2.39. The van der Waals surface area contributed by atoms with Gasteiger partial charge in [0.2, 0.25) is 0 Å². The van der Waals surface area contributed by atoms with Crippen molar-refractivity contribution in [1.29, 1.82) is 0 Å². The summed E-state index contributed by atoms with van der Waals surface area (Å²) in [5.74, 6) is 0.862. The summed E-state index contributed by atoms with van der Waals surface area (Å²) in [7, 11) is 1.64.